The Balaban J connectivity index is 1.98. The van der Waals surface area contributed by atoms with Crippen molar-refractivity contribution in [1.29, 1.82) is 0 Å². The molecule has 0 saturated heterocycles. The molecular formula is C30H29NOPS+. The first-order valence-electron chi connectivity index (χ1n) is 11.5. The van der Waals surface area contributed by atoms with Gasteiger partial charge in [-0.05, 0) is 60.7 Å². The molecule has 0 aromatic heterocycles. The smallest absolute Gasteiger partial charge is 0.258 e. The first kappa shape index (κ1) is 24.0. The highest BCUT2D eigenvalue weighted by atomic mass is 32.2. The molecule has 0 fully saturated rings. The van der Waals surface area contributed by atoms with Crippen LogP contribution in [-0.4, -0.2) is 11.7 Å². The molecule has 0 aliphatic rings. The van der Waals surface area contributed by atoms with E-state index in [1.807, 2.05) is 48.5 Å². The van der Waals surface area contributed by atoms with E-state index in [-0.39, 0.29) is 5.91 Å². The van der Waals surface area contributed by atoms with Gasteiger partial charge in [0.15, 0.2) is 12.7 Å². The topological polar surface area (TPSA) is 29.1 Å². The Kier molecular flexibility index (Phi) is 8.36. The van der Waals surface area contributed by atoms with Crippen LogP contribution >= 0.6 is 19.0 Å². The Labute approximate surface area is 207 Å². The minimum atomic E-state index is -2.37. The molecule has 0 saturated carbocycles. The molecule has 1 N–H and O–H groups in total. The van der Waals surface area contributed by atoms with Crippen molar-refractivity contribution in [3.05, 3.63) is 138 Å². The Morgan fingerprint density at radius 2 is 1.12 bits per heavy atom. The molecule has 170 valence electrons. The lowest BCUT2D eigenvalue weighted by Gasteiger charge is -2.29. The van der Waals surface area contributed by atoms with Crippen molar-refractivity contribution >= 4 is 40.8 Å². The number of hydrogen-bond acceptors (Lipinski definition) is 2. The first-order valence-corrected chi connectivity index (χ1v) is 14.3. The van der Waals surface area contributed by atoms with Gasteiger partial charge in [-0.1, -0.05) is 79.7 Å². The van der Waals surface area contributed by atoms with E-state index in [4.69, 9.17) is 0 Å². The van der Waals surface area contributed by atoms with Crippen LogP contribution in [0.15, 0.2) is 132 Å². The van der Waals surface area contributed by atoms with Crippen LogP contribution in [0.5, 0.6) is 0 Å². The molecule has 0 radical (unpaired) electrons. The maximum absolute atomic E-state index is 13.5. The number of carbonyl (C=O) groups is 1. The van der Waals surface area contributed by atoms with Gasteiger partial charge in [0.2, 0.25) is 0 Å². The largest absolute Gasteiger partial charge is 0.292 e. The van der Waals surface area contributed by atoms with Crippen LogP contribution in [0.2, 0.25) is 0 Å². The number of thioether (sulfide) groups is 1. The summed E-state index contributed by atoms with van der Waals surface area (Å²) in [6.45, 7) is 2.18. The van der Waals surface area contributed by atoms with Crippen molar-refractivity contribution in [2.75, 3.05) is 5.75 Å². The minimum absolute atomic E-state index is 0.0869. The predicted molar refractivity (Wildman–Crippen MR) is 150 cm³/mol. The number of carbonyl (C=O) groups excluding carboxylic acids is 1. The summed E-state index contributed by atoms with van der Waals surface area (Å²) in [5, 5.41) is 9.20. The fourth-order valence-electron chi connectivity index (χ4n) is 4.05. The summed E-state index contributed by atoms with van der Waals surface area (Å²) in [6.07, 6.45) is 1.06. The second-order valence-electron chi connectivity index (χ2n) is 7.87. The zero-order valence-corrected chi connectivity index (χ0v) is 21.0. The maximum Gasteiger partial charge on any atom is 0.258 e. The number of nitrogens with one attached hydrogen (secondary N) is 1. The molecule has 0 bridgehead atoms. The van der Waals surface area contributed by atoms with E-state index >= 15 is 0 Å². The van der Waals surface area contributed by atoms with E-state index in [1.54, 1.807) is 11.8 Å². The van der Waals surface area contributed by atoms with Gasteiger partial charge >= 0.3 is 0 Å². The van der Waals surface area contributed by atoms with E-state index in [1.165, 1.54) is 15.9 Å². The third-order valence-corrected chi connectivity index (χ3v) is 11.0. The standard InChI is InChI=1S/C30H28NOPS/c1-2-23-34-24-29(31-30(32)25-15-7-3-8-16-25)33(26-17-9-4-10-18-26,27-19-11-5-12-20-27)28-21-13-6-14-22-28/h3-22,24H,2,23H2,1H3/p+1/b29-24-. The zero-order chi connectivity index (χ0) is 23.6. The van der Waals surface area contributed by atoms with Gasteiger partial charge in [0.05, 0.1) is 0 Å². The lowest BCUT2D eigenvalue weighted by Crippen LogP contribution is -2.38. The summed E-state index contributed by atoms with van der Waals surface area (Å²) in [6, 6.07) is 41.3. The Hall–Kier alpha value is -3.13. The fourth-order valence-corrected chi connectivity index (χ4v) is 9.33. The predicted octanol–water partition coefficient (Wildman–Crippen LogP) is 6.35. The van der Waals surface area contributed by atoms with Gasteiger partial charge in [0.25, 0.3) is 5.91 Å². The van der Waals surface area contributed by atoms with Crippen molar-refractivity contribution in [1.82, 2.24) is 5.32 Å². The van der Waals surface area contributed by atoms with Crippen LogP contribution in [0.25, 0.3) is 0 Å². The Morgan fingerprint density at radius 1 is 0.706 bits per heavy atom. The van der Waals surface area contributed by atoms with Crippen molar-refractivity contribution in [3.63, 3.8) is 0 Å². The van der Waals surface area contributed by atoms with E-state index in [0.29, 0.717) is 5.56 Å². The summed E-state index contributed by atoms with van der Waals surface area (Å²) < 4.78 is 0. The lowest BCUT2D eigenvalue weighted by atomic mass is 10.2. The molecule has 2 nitrogen and oxygen atoms in total. The van der Waals surface area contributed by atoms with Crippen LogP contribution in [0.4, 0.5) is 0 Å². The summed E-state index contributed by atoms with van der Waals surface area (Å²) in [7, 11) is -2.37. The van der Waals surface area contributed by atoms with Gasteiger partial charge in [-0.2, -0.15) is 0 Å². The molecule has 0 aliphatic heterocycles. The summed E-state index contributed by atoms with van der Waals surface area (Å²) in [5.74, 6) is 0.902. The quantitative estimate of drug-likeness (QED) is 0.222. The molecule has 0 aliphatic carbocycles. The van der Waals surface area contributed by atoms with E-state index < -0.39 is 7.26 Å². The zero-order valence-electron chi connectivity index (χ0n) is 19.3. The van der Waals surface area contributed by atoms with Crippen molar-refractivity contribution in [2.24, 2.45) is 0 Å². The van der Waals surface area contributed by atoms with Crippen LogP contribution in [-0.2, 0) is 0 Å². The van der Waals surface area contributed by atoms with Crippen LogP contribution in [0.3, 0.4) is 0 Å². The summed E-state index contributed by atoms with van der Waals surface area (Å²) >= 11 is 1.76. The number of rotatable bonds is 9. The van der Waals surface area contributed by atoms with Gasteiger partial charge in [-0.15, -0.1) is 11.8 Å². The number of amides is 1. The summed E-state index contributed by atoms with van der Waals surface area (Å²) in [5.41, 5.74) is 1.62. The van der Waals surface area contributed by atoms with Crippen LogP contribution in [0.1, 0.15) is 23.7 Å². The monoisotopic (exact) mass is 482 g/mol. The van der Waals surface area contributed by atoms with Crippen LogP contribution in [0, 0.1) is 0 Å². The molecular weight excluding hydrogens is 453 g/mol. The lowest BCUT2D eigenvalue weighted by molar-refractivity contribution is 0.0968. The maximum atomic E-state index is 13.5. The molecule has 4 aromatic rings. The molecule has 1 amide bonds. The van der Waals surface area contributed by atoms with Crippen molar-refractivity contribution < 1.29 is 4.79 Å². The van der Waals surface area contributed by atoms with Crippen LogP contribution < -0.4 is 21.2 Å². The van der Waals surface area contributed by atoms with Gasteiger partial charge in [0.1, 0.15) is 15.9 Å². The number of hydrogen-bond donors (Lipinski definition) is 1. The van der Waals surface area contributed by atoms with Crippen molar-refractivity contribution in [3.8, 4) is 0 Å². The van der Waals surface area contributed by atoms with E-state index in [9.17, 15) is 4.79 Å². The van der Waals surface area contributed by atoms with E-state index in [2.05, 4.69) is 90.4 Å². The fraction of sp³-hybridized carbons (Fsp3) is 0.100. The number of benzene rings is 4. The SMILES string of the molecule is CCCS/C=C(/NC(=O)c1ccccc1)[P+](c1ccccc1)(c1ccccc1)c1ccccc1. The molecule has 0 unspecified atom stereocenters. The van der Waals surface area contributed by atoms with E-state index in [0.717, 1.165) is 17.6 Å². The Bertz CT molecular complexity index is 1120. The third-order valence-electron chi connectivity index (χ3n) is 5.59. The molecule has 0 atom stereocenters. The van der Waals surface area contributed by atoms with Gasteiger partial charge in [-0.25, -0.2) is 0 Å². The molecule has 4 heteroatoms. The summed E-state index contributed by atoms with van der Waals surface area (Å²) in [4.78, 5) is 13.5. The third kappa shape index (κ3) is 5.17. The molecule has 0 heterocycles. The highest BCUT2D eigenvalue weighted by Crippen LogP contribution is 2.61. The minimum Gasteiger partial charge on any atom is -0.292 e. The molecule has 4 rings (SSSR count). The molecule has 34 heavy (non-hydrogen) atoms. The molecule has 4 aromatic carbocycles. The van der Waals surface area contributed by atoms with Gasteiger partial charge < -0.3 is 0 Å². The normalized spacial score (nSPS) is 11.7. The van der Waals surface area contributed by atoms with Crippen molar-refractivity contribution in [2.45, 2.75) is 13.3 Å². The second-order valence-corrected chi connectivity index (χ2v) is 12.2. The first-order chi connectivity index (χ1) is 16.8. The van der Waals surface area contributed by atoms with Gasteiger partial charge in [-0.3, -0.25) is 10.1 Å². The average molecular weight is 483 g/mol. The highest BCUT2D eigenvalue weighted by molar-refractivity contribution is 8.04. The highest BCUT2D eigenvalue weighted by Gasteiger charge is 2.50. The Morgan fingerprint density at radius 3 is 1.53 bits per heavy atom. The average Bonchev–Trinajstić information content (AvgIpc) is 2.91. The second kappa shape index (κ2) is 11.8. The molecule has 0 spiro atoms. The van der Waals surface area contributed by atoms with Gasteiger partial charge in [0, 0.05) is 11.0 Å².